The van der Waals surface area contributed by atoms with E-state index in [2.05, 4.69) is 5.32 Å². The zero-order chi connectivity index (χ0) is 25.4. The number of fused-ring (bicyclic) bond motifs is 4. The van der Waals surface area contributed by atoms with Gasteiger partial charge in [0.05, 0.1) is 23.9 Å². The van der Waals surface area contributed by atoms with Crippen molar-refractivity contribution < 1.29 is 19.0 Å². The monoisotopic (exact) mass is 535 g/mol. The summed E-state index contributed by atoms with van der Waals surface area (Å²) in [4.78, 5) is 33.6. The van der Waals surface area contributed by atoms with Crippen LogP contribution in [-0.4, -0.2) is 41.5 Å². The van der Waals surface area contributed by atoms with E-state index in [0.717, 1.165) is 36.1 Å². The molecule has 0 saturated carbocycles. The molecule has 1 amide bonds. The van der Waals surface area contributed by atoms with E-state index < -0.39 is 0 Å². The van der Waals surface area contributed by atoms with Gasteiger partial charge in [0.2, 0.25) is 5.91 Å². The number of amides is 1. The maximum atomic E-state index is 13.9. The van der Waals surface area contributed by atoms with E-state index in [4.69, 9.17) is 19.2 Å². The van der Waals surface area contributed by atoms with Gasteiger partial charge in [-0.1, -0.05) is 11.8 Å². The van der Waals surface area contributed by atoms with Crippen LogP contribution in [-0.2, 0) is 17.6 Å². The summed E-state index contributed by atoms with van der Waals surface area (Å²) in [6, 6.07) is 12.6. The smallest absolute Gasteiger partial charge is 0.267 e. The number of thiophene rings is 1. The SMILES string of the molecule is COc1ccc(-n2c(SCC(=O)Nc3ccc4c(c3)OCCO4)nc3sc4c(c3c2=O)CCCC4)cc1. The second-order valence-electron chi connectivity index (χ2n) is 8.82. The van der Waals surface area contributed by atoms with E-state index in [0.29, 0.717) is 52.4 Å². The van der Waals surface area contributed by atoms with Crippen LogP contribution < -0.4 is 25.1 Å². The number of hydrogen-bond acceptors (Lipinski definition) is 8. The topological polar surface area (TPSA) is 91.7 Å². The molecular formula is C27H25N3O5S2. The first-order valence-electron chi connectivity index (χ1n) is 12.1. The molecule has 6 rings (SSSR count). The van der Waals surface area contributed by atoms with Gasteiger partial charge in [-0.2, -0.15) is 0 Å². The molecule has 2 aromatic carbocycles. The third-order valence-electron chi connectivity index (χ3n) is 6.45. The lowest BCUT2D eigenvalue weighted by Gasteiger charge is -2.19. The standard InChI is InChI=1S/C27H25N3O5S2/c1-33-18-9-7-17(8-10-18)30-26(32)24-19-4-2-3-5-22(19)37-25(24)29-27(30)36-15-23(31)28-16-6-11-20-21(14-16)35-13-12-34-20/h6-11,14H,2-5,12-13,15H2,1H3,(H,28,31). The van der Waals surface area contributed by atoms with Crippen LogP contribution >= 0.6 is 23.1 Å². The quantitative estimate of drug-likeness (QED) is 0.279. The van der Waals surface area contributed by atoms with Crippen LogP contribution in [0.2, 0.25) is 0 Å². The molecule has 0 saturated heterocycles. The van der Waals surface area contributed by atoms with Crippen LogP contribution in [0.5, 0.6) is 17.2 Å². The van der Waals surface area contributed by atoms with E-state index >= 15 is 0 Å². The maximum Gasteiger partial charge on any atom is 0.267 e. The molecule has 0 fully saturated rings. The number of thioether (sulfide) groups is 1. The highest BCUT2D eigenvalue weighted by Gasteiger charge is 2.23. The van der Waals surface area contributed by atoms with Crippen molar-refractivity contribution in [3.05, 3.63) is 63.3 Å². The normalized spacial score (nSPS) is 14.3. The number of ether oxygens (including phenoxy) is 3. The molecule has 3 heterocycles. The number of rotatable bonds is 6. The van der Waals surface area contributed by atoms with E-state index in [1.54, 1.807) is 41.2 Å². The number of hydrogen-bond donors (Lipinski definition) is 1. The second-order valence-corrected chi connectivity index (χ2v) is 10.8. The molecule has 1 N–H and O–H groups in total. The summed E-state index contributed by atoms with van der Waals surface area (Å²) in [5.41, 5.74) is 2.35. The highest BCUT2D eigenvalue weighted by Crippen LogP contribution is 2.36. The minimum atomic E-state index is -0.206. The van der Waals surface area contributed by atoms with Crippen LogP contribution in [0.15, 0.2) is 52.4 Å². The average Bonchev–Trinajstić information content (AvgIpc) is 3.31. The molecule has 10 heteroatoms. The molecule has 1 aliphatic heterocycles. The van der Waals surface area contributed by atoms with Gasteiger partial charge in [0.1, 0.15) is 23.8 Å². The Kier molecular flexibility index (Phi) is 6.52. The summed E-state index contributed by atoms with van der Waals surface area (Å²) in [7, 11) is 1.61. The lowest BCUT2D eigenvalue weighted by molar-refractivity contribution is -0.113. The second kappa shape index (κ2) is 10.1. The fourth-order valence-corrected chi connectivity index (χ4v) is 6.81. The van der Waals surface area contributed by atoms with Crippen molar-refractivity contribution in [1.82, 2.24) is 9.55 Å². The molecule has 0 spiro atoms. The lowest BCUT2D eigenvalue weighted by atomic mass is 9.97. The van der Waals surface area contributed by atoms with E-state index in [-0.39, 0.29) is 17.2 Å². The molecule has 0 radical (unpaired) electrons. The van der Waals surface area contributed by atoms with Gasteiger partial charge in [-0.3, -0.25) is 14.2 Å². The Bertz CT molecular complexity index is 1540. The van der Waals surface area contributed by atoms with Gasteiger partial charge < -0.3 is 19.5 Å². The van der Waals surface area contributed by atoms with E-state index in [9.17, 15) is 9.59 Å². The predicted octanol–water partition coefficient (Wildman–Crippen LogP) is 4.84. The number of aromatic nitrogens is 2. The summed E-state index contributed by atoms with van der Waals surface area (Å²) >= 11 is 2.85. The zero-order valence-corrected chi connectivity index (χ0v) is 21.9. The number of methoxy groups -OCH3 is 1. The van der Waals surface area contributed by atoms with Crippen LogP contribution in [0, 0.1) is 0 Å². The highest BCUT2D eigenvalue weighted by molar-refractivity contribution is 7.99. The van der Waals surface area contributed by atoms with Gasteiger partial charge in [-0.05, 0) is 67.6 Å². The minimum absolute atomic E-state index is 0.0909. The highest BCUT2D eigenvalue weighted by atomic mass is 32.2. The van der Waals surface area contributed by atoms with Crippen molar-refractivity contribution in [2.24, 2.45) is 0 Å². The molecule has 2 aliphatic rings. The third-order valence-corrected chi connectivity index (χ3v) is 8.57. The van der Waals surface area contributed by atoms with Crippen molar-refractivity contribution in [1.29, 1.82) is 0 Å². The predicted molar refractivity (Wildman–Crippen MR) is 145 cm³/mol. The number of nitrogens with zero attached hydrogens (tertiary/aromatic N) is 2. The summed E-state index contributed by atoms with van der Waals surface area (Å²) in [5, 5.41) is 4.10. The van der Waals surface area contributed by atoms with Gasteiger partial charge in [-0.15, -0.1) is 11.3 Å². The van der Waals surface area contributed by atoms with Crippen LogP contribution in [0.25, 0.3) is 15.9 Å². The number of aryl methyl sites for hydroxylation is 2. The lowest BCUT2D eigenvalue weighted by Crippen LogP contribution is -2.23. The Hall–Kier alpha value is -3.50. The van der Waals surface area contributed by atoms with Gasteiger partial charge >= 0.3 is 0 Å². The first-order valence-corrected chi connectivity index (χ1v) is 13.9. The summed E-state index contributed by atoms with van der Waals surface area (Å²) < 4.78 is 18.1. The Morgan fingerprint density at radius 3 is 2.70 bits per heavy atom. The van der Waals surface area contributed by atoms with Crippen LogP contribution in [0.4, 0.5) is 5.69 Å². The van der Waals surface area contributed by atoms with Gasteiger partial charge in [-0.25, -0.2) is 4.98 Å². The number of carbonyl (C=O) groups is 1. The first-order chi connectivity index (χ1) is 18.1. The Morgan fingerprint density at radius 1 is 1.11 bits per heavy atom. The summed E-state index contributed by atoms with van der Waals surface area (Å²) in [6.07, 6.45) is 4.10. The summed E-state index contributed by atoms with van der Waals surface area (Å²) in [5.74, 6) is 1.86. The largest absolute Gasteiger partial charge is 0.497 e. The molecule has 1 aliphatic carbocycles. The fraction of sp³-hybridized carbons (Fsp3) is 0.296. The van der Waals surface area contributed by atoms with Crippen LogP contribution in [0.3, 0.4) is 0 Å². The minimum Gasteiger partial charge on any atom is -0.497 e. The van der Waals surface area contributed by atoms with Crippen molar-refractivity contribution in [2.45, 2.75) is 30.8 Å². The van der Waals surface area contributed by atoms with Crippen molar-refractivity contribution in [2.75, 3.05) is 31.4 Å². The van der Waals surface area contributed by atoms with E-state index in [1.165, 1.54) is 16.6 Å². The number of benzene rings is 2. The van der Waals surface area contributed by atoms with Crippen molar-refractivity contribution in [3.8, 4) is 22.9 Å². The molecule has 37 heavy (non-hydrogen) atoms. The Morgan fingerprint density at radius 2 is 1.89 bits per heavy atom. The Labute approximate surface area is 221 Å². The van der Waals surface area contributed by atoms with E-state index in [1.807, 2.05) is 24.3 Å². The average molecular weight is 536 g/mol. The maximum absolute atomic E-state index is 13.9. The molecule has 4 aromatic rings. The fourth-order valence-electron chi connectivity index (χ4n) is 4.69. The molecular weight excluding hydrogens is 510 g/mol. The van der Waals surface area contributed by atoms with Gasteiger partial charge in [0.15, 0.2) is 16.7 Å². The first kappa shape index (κ1) is 23.9. The number of nitrogens with one attached hydrogen (secondary N) is 1. The molecule has 8 nitrogen and oxygen atoms in total. The third kappa shape index (κ3) is 4.67. The van der Waals surface area contributed by atoms with Crippen molar-refractivity contribution >= 4 is 44.9 Å². The zero-order valence-electron chi connectivity index (χ0n) is 20.2. The molecule has 0 atom stereocenters. The number of anilines is 1. The summed E-state index contributed by atoms with van der Waals surface area (Å²) in [6.45, 7) is 0.985. The molecule has 0 unspecified atom stereocenters. The molecule has 190 valence electrons. The molecule has 2 aromatic heterocycles. The van der Waals surface area contributed by atoms with Gasteiger partial charge in [0, 0.05) is 16.6 Å². The Balaban J connectivity index is 1.31. The van der Waals surface area contributed by atoms with Crippen molar-refractivity contribution in [3.63, 3.8) is 0 Å². The van der Waals surface area contributed by atoms with Gasteiger partial charge in [0.25, 0.3) is 5.56 Å². The van der Waals surface area contributed by atoms with Crippen LogP contribution in [0.1, 0.15) is 23.3 Å². The number of carbonyl (C=O) groups excluding carboxylic acids is 1. The molecule has 0 bridgehead atoms.